The molecule has 4 rings (SSSR count). The van der Waals surface area contributed by atoms with Gasteiger partial charge in [-0.25, -0.2) is 0 Å². The number of hydrogen-bond donors (Lipinski definition) is 3. The maximum atomic E-state index is 13.1. The number of aromatic hydroxyl groups is 2. The molecule has 26 heavy (non-hydrogen) atoms. The summed E-state index contributed by atoms with van der Waals surface area (Å²) in [6, 6.07) is 12.2. The molecule has 0 saturated heterocycles. The summed E-state index contributed by atoms with van der Waals surface area (Å²) in [6.45, 7) is 0.973. The van der Waals surface area contributed by atoms with Crippen LogP contribution in [0.15, 0.2) is 48.7 Å². The lowest BCUT2D eigenvalue weighted by Crippen LogP contribution is -2.26. The van der Waals surface area contributed by atoms with Gasteiger partial charge in [0.25, 0.3) is 5.91 Å². The van der Waals surface area contributed by atoms with Gasteiger partial charge in [0.15, 0.2) is 0 Å². The second-order valence-electron chi connectivity index (χ2n) is 6.28. The molecule has 0 unspecified atom stereocenters. The average Bonchev–Trinajstić information content (AvgIpc) is 3.20. The zero-order chi connectivity index (χ0) is 18.3. The fourth-order valence-electron chi connectivity index (χ4n) is 3.20. The molecule has 7 heteroatoms. The van der Waals surface area contributed by atoms with E-state index in [9.17, 15) is 15.0 Å². The number of aryl methyl sites for hydroxylation is 1. The van der Waals surface area contributed by atoms with Gasteiger partial charge in [0.05, 0.1) is 11.9 Å². The van der Waals surface area contributed by atoms with Gasteiger partial charge in [-0.05, 0) is 11.1 Å². The molecule has 0 bridgehead atoms. The average molecular weight is 350 g/mol. The van der Waals surface area contributed by atoms with Crippen molar-refractivity contribution >= 4 is 17.4 Å². The van der Waals surface area contributed by atoms with Crippen LogP contribution in [-0.4, -0.2) is 30.8 Å². The largest absolute Gasteiger partial charge is 0.508 e. The summed E-state index contributed by atoms with van der Waals surface area (Å²) in [5, 5.41) is 27.3. The highest BCUT2D eigenvalue weighted by Crippen LogP contribution is 2.35. The molecule has 0 aliphatic carbocycles. The molecule has 3 aromatic rings. The summed E-state index contributed by atoms with van der Waals surface area (Å²) in [4.78, 5) is 14.8. The van der Waals surface area contributed by atoms with Crippen LogP contribution in [0.1, 0.15) is 21.5 Å². The number of fused-ring (bicyclic) bond motifs is 1. The first-order chi connectivity index (χ1) is 12.5. The van der Waals surface area contributed by atoms with Crippen LogP contribution in [0.3, 0.4) is 0 Å². The third-order valence-corrected chi connectivity index (χ3v) is 4.53. The van der Waals surface area contributed by atoms with Crippen molar-refractivity contribution < 1.29 is 15.0 Å². The van der Waals surface area contributed by atoms with E-state index in [0.29, 0.717) is 24.6 Å². The first-order valence-electron chi connectivity index (χ1n) is 8.20. The predicted molar refractivity (Wildman–Crippen MR) is 96.3 cm³/mol. The standard InChI is InChI=1S/C19H18N4O3/c1-22-17(6-7-20-22)21-15-8-14(24)9-16(25)18(15)19(26)23-10-12-4-2-3-5-13(12)11-23/h2-9,21,24-25H,10-11H2,1H3. The molecule has 0 spiro atoms. The van der Waals surface area contributed by atoms with Crippen LogP contribution in [0.5, 0.6) is 11.5 Å². The van der Waals surface area contributed by atoms with Gasteiger partial charge in [-0.3, -0.25) is 9.48 Å². The van der Waals surface area contributed by atoms with Gasteiger partial charge in [0, 0.05) is 38.3 Å². The minimum atomic E-state index is -0.302. The van der Waals surface area contributed by atoms with Crippen LogP contribution in [0.2, 0.25) is 0 Å². The number of rotatable bonds is 3. The highest BCUT2D eigenvalue weighted by molar-refractivity contribution is 6.03. The van der Waals surface area contributed by atoms with E-state index < -0.39 is 0 Å². The third kappa shape index (κ3) is 2.73. The molecule has 0 fully saturated rings. The van der Waals surface area contributed by atoms with E-state index in [1.54, 1.807) is 28.9 Å². The van der Waals surface area contributed by atoms with Gasteiger partial charge >= 0.3 is 0 Å². The number of amides is 1. The summed E-state index contributed by atoms with van der Waals surface area (Å²) in [5.41, 5.74) is 2.64. The Morgan fingerprint density at radius 1 is 1.12 bits per heavy atom. The quantitative estimate of drug-likeness (QED) is 0.676. The zero-order valence-electron chi connectivity index (χ0n) is 14.2. The molecule has 132 valence electrons. The topological polar surface area (TPSA) is 90.6 Å². The molecule has 1 amide bonds. The number of nitrogens with one attached hydrogen (secondary N) is 1. The zero-order valence-corrected chi connectivity index (χ0v) is 14.2. The van der Waals surface area contributed by atoms with Crippen molar-refractivity contribution in [3.8, 4) is 11.5 Å². The predicted octanol–water partition coefficient (Wildman–Crippen LogP) is 2.73. The van der Waals surface area contributed by atoms with Crippen molar-refractivity contribution in [3.63, 3.8) is 0 Å². The molecule has 0 atom stereocenters. The number of phenols is 2. The lowest BCUT2D eigenvalue weighted by molar-refractivity contribution is 0.0749. The fraction of sp³-hybridized carbons (Fsp3) is 0.158. The van der Waals surface area contributed by atoms with Gasteiger partial charge in [0.1, 0.15) is 22.9 Å². The number of benzene rings is 2. The van der Waals surface area contributed by atoms with Crippen LogP contribution >= 0.6 is 0 Å². The van der Waals surface area contributed by atoms with E-state index in [2.05, 4.69) is 10.4 Å². The molecule has 1 aliphatic rings. The lowest BCUT2D eigenvalue weighted by atomic mass is 10.1. The number of hydrogen-bond acceptors (Lipinski definition) is 5. The molecular weight excluding hydrogens is 332 g/mol. The van der Waals surface area contributed by atoms with E-state index >= 15 is 0 Å². The Labute approximate surface area is 150 Å². The lowest BCUT2D eigenvalue weighted by Gasteiger charge is -2.19. The summed E-state index contributed by atoms with van der Waals surface area (Å²) in [5.74, 6) is -0.0684. The van der Waals surface area contributed by atoms with E-state index in [0.717, 1.165) is 11.1 Å². The molecule has 1 aromatic heterocycles. The Morgan fingerprint density at radius 2 is 1.81 bits per heavy atom. The highest BCUT2D eigenvalue weighted by Gasteiger charge is 2.28. The van der Waals surface area contributed by atoms with Crippen LogP contribution in [0.4, 0.5) is 11.5 Å². The number of nitrogens with zero attached hydrogens (tertiary/aromatic N) is 3. The smallest absolute Gasteiger partial charge is 0.260 e. The van der Waals surface area contributed by atoms with Crippen molar-refractivity contribution in [3.05, 3.63) is 65.4 Å². The number of carbonyl (C=O) groups is 1. The number of anilines is 2. The second kappa shape index (κ2) is 6.11. The molecule has 2 aromatic carbocycles. The van der Waals surface area contributed by atoms with Crippen molar-refractivity contribution in [1.29, 1.82) is 0 Å². The summed E-state index contributed by atoms with van der Waals surface area (Å²) in [6.07, 6.45) is 1.61. The molecule has 1 aliphatic heterocycles. The summed E-state index contributed by atoms with van der Waals surface area (Å²) in [7, 11) is 1.75. The van der Waals surface area contributed by atoms with E-state index in [1.807, 2.05) is 24.3 Å². The van der Waals surface area contributed by atoms with Gasteiger partial charge in [-0.1, -0.05) is 24.3 Å². The summed E-state index contributed by atoms with van der Waals surface area (Å²) >= 11 is 0. The molecule has 2 heterocycles. The molecule has 3 N–H and O–H groups in total. The van der Waals surface area contributed by atoms with Gasteiger partial charge in [-0.2, -0.15) is 5.10 Å². The molecule has 0 saturated carbocycles. The van der Waals surface area contributed by atoms with Crippen molar-refractivity contribution in [1.82, 2.24) is 14.7 Å². The van der Waals surface area contributed by atoms with Crippen LogP contribution in [0, 0.1) is 0 Å². The Bertz CT molecular complexity index is 971. The van der Waals surface area contributed by atoms with Gasteiger partial charge < -0.3 is 20.4 Å². The highest BCUT2D eigenvalue weighted by atomic mass is 16.3. The SMILES string of the molecule is Cn1nccc1Nc1cc(O)cc(O)c1C(=O)N1Cc2ccccc2C1. The molecule has 7 nitrogen and oxygen atoms in total. The Morgan fingerprint density at radius 3 is 2.42 bits per heavy atom. The maximum absolute atomic E-state index is 13.1. The summed E-state index contributed by atoms with van der Waals surface area (Å²) < 4.78 is 1.60. The van der Waals surface area contributed by atoms with E-state index in [-0.39, 0.29) is 23.0 Å². The number of carbonyl (C=O) groups excluding carboxylic acids is 1. The van der Waals surface area contributed by atoms with Crippen molar-refractivity contribution in [2.45, 2.75) is 13.1 Å². The van der Waals surface area contributed by atoms with Crippen molar-refractivity contribution in [2.75, 3.05) is 5.32 Å². The van der Waals surface area contributed by atoms with Crippen LogP contribution < -0.4 is 5.32 Å². The second-order valence-corrected chi connectivity index (χ2v) is 6.28. The first kappa shape index (κ1) is 16.0. The van der Waals surface area contributed by atoms with E-state index in [1.165, 1.54) is 12.1 Å². The molecule has 0 radical (unpaired) electrons. The van der Waals surface area contributed by atoms with Gasteiger partial charge in [-0.15, -0.1) is 0 Å². The monoisotopic (exact) mass is 350 g/mol. The fourth-order valence-corrected chi connectivity index (χ4v) is 3.20. The van der Waals surface area contributed by atoms with Gasteiger partial charge in [0.2, 0.25) is 0 Å². The first-order valence-corrected chi connectivity index (χ1v) is 8.20. The minimum absolute atomic E-state index is 0.122. The Kier molecular flexibility index (Phi) is 3.76. The maximum Gasteiger partial charge on any atom is 0.260 e. The van der Waals surface area contributed by atoms with Crippen LogP contribution in [-0.2, 0) is 20.1 Å². The Balaban J connectivity index is 1.70. The Hall–Kier alpha value is -3.48. The minimum Gasteiger partial charge on any atom is -0.508 e. The number of aromatic nitrogens is 2. The molecular formula is C19H18N4O3. The van der Waals surface area contributed by atoms with Crippen LogP contribution in [0.25, 0.3) is 0 Å². The third-order valence-electron chi connectivity index (χ3n) is 4.53. The van der Waals surface area contributed by atoms with Crippen molar-refractivity contribution in [2.24, 2.45) is 7.05 Å². The number of phenolic OH excluding ortho intramolecular Hbond substituents is 2. The van der Waals surface area contributed by atoms with E-state index in [4.69, 9.17) is 0 Å². The normalized spacial score (nSPS) is 12.9.